The van der Waals surface area contributed by atoms with Crippen molar-refractivity contribution in [3.63, 3.8) is 0 Å². The minimum Gasteiger partial charge on any atom is -0.501 e. The van der Waals surface area contributed by atoms with Gasteiger partial charge in [-0.2, -0.15) is 0 Å². The zero-order valence-electron chi connectivity index (χ0n) is 26.9. The smallest absolute Gasteiger partial charge is 0.123 e. The molecule has 0 atom stereocenters. The molecule has 4 nitrogen and oxygen atoms in total. The number of aromatic nitrogens is 3. The average Bonchev–Trinajstić information content (AvgIpc) is 3.62. The number of furan rings is 1. The summed E-state index contributed by atoms with van der Waals surface area (Å²) in [6, 6.07) is 37.2. The SMILES string of the molecule is Cc1nc2cc3oc4c(-c5cc(-c6c(C)cccc6C)c(C(C)C)cn5)[c-]ccc4c3cc2s1.[Ir].[c-]1ccccc1-c1ccccn1. The van der Waals surface area contributed by atoms with E-state index >= 15 is 0 Å². The van der Waals surface area contributed by atoms with Gasteiger partial charge in [0.25, 0.3) is 0 Å². The van der Waals surface area contributed by atoms with E-state index in [1.54, 1.807) is 17.5 Å². The fraction of sp³-hybridized carbons (Fsp3) is 0.146. The zero-order valence-corrected chi connectivity index (χ0v) is 30.1. The average molecular weight is 808 g/mol. The normalized spacial score (nSPS) is 11.1. The molecule has 47 heavy (non-hydrogen) atoms. The Morgan fingerprint density at radius 2 is 1.57 bits per heavy atom. The Bertz CT molecular complexity index is 2270. The summed E-state index contributed by atoms with van der Waals surface area (Å²) in [5.41, 5.74) is 12.7. The van der Waals surface area contributed by atoms with E-state index in [-0.39, 0.29) is 20.1 Å². The first-order valence-electron chi connectivity index (χ1n) is 15.5. The molecular formula is C41H33IrN3OS-2. The molecule has 8 rings (SSSR count). The minimum atomic E-state index is 0. The summed E-state index contributed by atoms with van der Waals surface area (Å²) in [6.07, 6.45) is 3.81. The molecule has 0 aliphatic rings. The molecule has 0 bridgehead atoms. The maximum absolute atomic E-state index is 6.42. The van der Waals surface area contributed by atoms with Crippen LogP contribution in [0.5, 0.6) is 0 Å². The summed E-state index contributed by atoms with van der Waals surface area (Å²) in [4.78, 5) is 13.7. The Labute approximate surface area is 292 Å². The van der Waals surface area contributed by atoms with E-state index in [2.05, 4.69) is 92.3 Å². The van der Waals surface area contributed by atoms with E-state index in [1.165, 1.54) is 32.5 Å². The first kappa shape index (κ1) is 32.5. The zero-order chi connectivity index (χ0) is 31.8. The van der Waals surface area contributed by atoms with Crippen LogP contribution in [-0.2, 0) is 20.1 Å². The fourth-order valence-electron chi connectivity index (χ4n) is 6.06. The molecule has 4 heterocycles. The summed E-state index contributed by atoms with van der Waals surface area (Å²) < 4.78 is 7.60. The number of fused-ring (bicyclic) bond motifs is 4. The number of rotatable bonds is 4. The van der Waals surface area contributed by atoms with Gasteiger partial charge in [0, 0.05) is 44.0 Å². The van der Waals surface area contributed by atoms with Crippen LogP contribution in [0, 0.1) is 32.9 Å². The summed E-state index contributed by atoms with van der Waals surface area (Å²) in [5, 5.41) is 3.25. The van der Waals surface area contributed by atoms with Crippen LogP contribution in [0.1, 0.15) is 41.5 Å². The third kappa shape index (κ3) is 6.42. The van der Waals surface area contributed by atoms with Crippen molar-refractivity contribution in [2.75, 3.05) is 0 Å². The molecule has 0 saturated heterocycles. The van der Waals surface area contributed by atoms with Gasteiger partial charge in [0.1, 0.15) is 5.58 Å². The molecule has 4 aromatic heterocycles. The van der Waals surface area contributed by atoms with Gasteiger partial charge in [-0.25, -0.2) is 4.98 Å². The van der Waals surface area contributed by atoms with E-state index in [1.807, 2.05) is 61.7 Å². The summed E-state index contributed by atoms with van der Waals surface area (Å²) in [5.74, 6) is 0.366. The van der Waals surface area contributed by atoms with Crippen molar-refractivity contribution < 1.29 is 24.5 Å². The standard InChI is InChI=1S/C30H25N2OS.C11H8N.Ir/c1-16(2)24-15-31-25(12-23(24)29-17(3)8-6-9-18(29)4)21-11-7-10-20-22-13-28-26(32-19(5)34-28)14-27(22)33-30(20)21;1-2-6-10(7-3-1)11-8-4-5-9-12-11;/h6-10,12-16H,1-5H3;1-6,8-9H;/q2*-1;. The molecule has 0 aliphatic carbocycles. The Morgan fingerprint density at radius 3 is 2.30 bits per heavy atom. The van der Waals surface area contributed by atoms with E-state index < -0.39 is 0 Å². The van der Waals surface area contributed by atoms with E-state index in [0.29, 0.717) is 5.92 Å². The van der Waals surface area contributed by atoms with E-state index in [9.17, 15) is 0 Å². The van der Waals surface area contributed by atoms with Crippen molar-refractivity contribution in [1.29, 1.82) is 0 Å². The Morgan fingerprint density at radius 1 is 0.766 bits per heavy atom. The van der Waals surface area contributed by atoms with Gasteiger partial charge in [-0.1, -0.05) is 61.2 Å². The van der Waals surface area contributed by atoms with Crippen LogP contribution in [-0.4, -0.2) is 15.0 Å². The number of thiazole rings is 1. The number of benzene rings is 4. The molecule has 6 heteroatoms. The molecule has 235 valence electrons. The van der Waals surface area contributed by atoms with Crippen LogP contribution in [0.25, 0.3) is 65.8 Å². The fourth-order valence-corrected chi connectivity index (χ4v) is 6.91. The van der Waals surface area contributed by atoms with Crippen LogP contribution >= 0.6 is 11.3 Å². The Hall–Kier alpha value is -4.48. The van der Waals surface area contributed by atoms with E-state index in [4.69, 9.17) is 9.40 Å². The van der Waals surface area contributed by atoms with Crippen molar-refractivity contribution in [1.82, 2.24) is 15.0 Å². The molecule has 8 aromatic rings. The molecule has 0 N–H and O–H groups in total. The second kappa shape index (κ2) is 13.7. The van der Waals surface area contributed by atoms with Crippen LogP contribution < -0.4 is 0 Å². The second-order valence-electron chi connectivity index (χ2n) is 11.8. The molecule has 0 amide bonds. The Kier molecular flexibility index (Phi) is 9.47. The third-order valence-electron chi connectivity index (χ3n) is 8.26. The number of nitrogens with zero attached hydrogens (tertiary/aromatic N) is 3. The molecular weight excluding hydrogens is 775 g/mol. The number of hydrogen-bond acceptors (Lipinski definition) is 5. The number of pyridine rings is 2. The summed E-state index contributed by atoms with van der Waals surface area (Å²) >= 11 is 1.71. The quantitative estimate of drug-likeness (QED) is 0.166. The predicted octanol–water partition coefficient (Wildman–Crippen LogP) is 11.3. The van der Waals surface area contributed by atoms with Crippen molar-refractivity contribution in [2.45, 2.75) is 40.5 Å². The van der Waals surface area contributed by atoms with Gasteiger partial charge in [-0.15, -0.1) is 65.4 Å². The number of hydrogen-bond donors (Lipinski definition) is 0. The molecule has 0 unspecified atom stereocenters. The Balaban J connectivity index is 0.000000250. The van der Waals surface area contributed by atoms with Crippen molar-refractivity contribution in [2.24, 2.45) is 0 Å². The maximum atomic E-state index is 6.42. The largest absolute Gasteiger partial charge is 0.501 e. The molecule has 0 fully saturated rings. The van der Waals surface area contributed by atoms with Crippen LogP contribution in [0.2, 0.25) is 0 Å². The molecule has 0 spiro atoms. The molecule has 1 radical (unpaired) electrons. The van der Waals surface area contributed by atoms with Gasteiger partial charge in [-0.3, -0.25) is 0 Å². The minimum absolute atomic E-state index is 0. The topological polar surface area (TPSA) is 51.8 Å². The monoisotopic (exact) mass is 808 g/mol. The maximum Gasteiger partial charge on any atom is 0.123 e. The van der Waals surface area contributed by atoms with Gasteiger partial charge in [0.15, 0.2) is 0 Å². The molecule has 4 aromatic carbocycles. The first-order valence-corrected chi connectivity index (χ1v) is 16.3. The van der Waals surface area contributed by atoms with Crippen molar-refractivity contribution in [3.05, 3.63) is 137 Å². The van der Waals surface area contributed by atoms with Crippen molar-refractivity contribution >= 4 is 43.5 Å². The summed E-state index contributed by atoms with van der Waals surface area (Å²) in [6.45, 7) is 10.8. The molecule has 0 saturated carbocycles. The van der Waals surface area contributed by atoms with Gasteiger partial charge < -0.3 is 14.4 Å². The molecule has 0 aliphatic heterocycles. The van der Waals surface area contributed by atoms with Gasteiger partial charge in [-0.05, 0) is 78.0 Å². The van der Waals surface area contributed by atoms with Crippen molar-refractivity contribution in [3.8, 4) is 33.6 Å². The predicted molar refractivity (Wildman–Crippen MR) is 191 cm³/mol. The van der Waals surface area contributed by atoms with Crippen LogP contribution in [0.3, 0.4) is 0 Å². The summed E-state index contributed by atoms with van der Waals surface area (Å²) in [7, 11) is 0. The van der Waals surface area contributed by atoms with Gasteiger partial charge in [0.05, 0.1) is 20.8 Å². The third-order valence-corrected chi connectivity index (χ3v) is 9.20. The van der Waals surface area contributed by atoms with Crippen LogP contribution in [0.4, 0.5) is 0 Å². The van der Waals surface area contributed by atoms with Crippen LogP contribution in [0.15, 0.2) is 108 Å². The van der Waals surface area contributed by atoms with Gasteiger partial charge >= 0.3 is 0 Å². The second-order valence-corrected chi connectivity index (χ2v) is 13.1. The first-order chi connectivity index (χ1) is 22.4. The van der Waals surface area contributed by atoms with Gasteiger partial charge in [0.2, 0.25) is 0 Å². The number of aryl methyl sites for hydroxylation is 3. The van der Waals surface area contributed by atoms with E-state index in [0.717, 1.165) is 55.0 Å².